The Morgan fingerprint density at radius 3 is 2.50 bits per heavy atom. The number of benzene rings is 1. The van der Waals surface area contributed by atoms with Crippen LogP contribution in [-0.2, 0) is 4.79 Å². The molecular weight excluding hydrogens is 326 g/mol. The van der Waals surface area contributed by atoms with E-state index in [4.69, 9.17) is 4.74 Å². The third-order valence-electron chi connectivity index (χ3n) is 4.90. The van der Waals surface area contributed by atoms with Crippen LogP contribution < -0.4 is 15.0 Å². The lowest BCUT2D eigenvalue weighted by molar-refractivity contribution is -0.118. The van der Waals surface area contributed by atoms with E-state index in [9.17, 15) is 4.79 Å². The van der Waals surface area contributed by atoms with E-state index in [0.29, 0.717) is 5.69 Å². The highest BCUT2D eigenvalue weighted by atomic mass is 16.5. The van der Waals surface area contributed by atoms with Crippen LogP contribution in [0.1, 0.15) is 30.9 Å². The number of carbonyl (C=O) groups is 1. The number of carbonyl (C=O) groups excluding carboxylic acids is 1. The molecule has 5 heteroatoms. The molecule has 1 aromatic carbocycles. The monoisotopic (exact) mass is 353 g/mol. The van der Waals surface area contributed by atoms with Crippen LogP contribution in [0.3, 0.4) is 0 Å². The van der Waals surface area contributed by atoms with Crippen molar-refractivity contribution in [2.24, 2.45) is 5.92 Å². The molecule has 138 valence electrons. The number of para-hydroxylation sites is 1. The second-order valence-electron chi connectivity index (χ2n) is 7.13. The first kappa shape index (κ1) is 18.2. The van der Waals surface area contributed by atoms with Gasteiger partial charge in [0.2, 0.25) is 0 Å². The topological polar surface area (TPSA) is 54.5 Å². The molecule has 1 saturated heterocycles. The van der Waals surface area contributed by atoms with E-state index in [1.165, 1.54) is 12.8 Å². The molecular formula is C21H27N3O2. The number of nitrogens with zero attached hydrogens (tertiary/aromatic N) is 2. The fourth-order valence-corrected chi connectivity index (χ4v) is 3.25. The van der Waals surface area contributed by atoms with Crippen LogP contribution in [0.2, 0.25) is 0 Å². The van der Waals surface area contributed by atoms with E-state index < -0.39 is 0 Å². The highest BCUT2D eigenvalue weighted by molar-refractivity contribution is 5.91. The molecule has 26 heavy (non-hydrogen) atoms. The van der Waals surface area contributed by atoms with Gasteiger partial charge in [0.15, 0.2) is 6.61 Å². The molecule has 0 atom stereocenters. The molecule has 5 nitrogen and oxygen atoms in total. The second kappa shape index (κ2) is 8.21. The summed E-state index contributed by atoms with van der Waals surface area (Å²) in [7, 11) is 0. The summed E-state index contributed by atoms with van der Waals surface area (Å²) < 4.78 is 5.69. The third-order valence-corrected chi connectivity index (χ3v) is 4.90. The van der Waals surface area contributed by atoms with Crippen LogP contribution in [0.4, 0.5) is 11.5 Å². The molecule has 0 unspecified atom stereocenters. The zero-order chi connectivity index (χ0) is 18.5. The number of ether oxygens (including phenoxy) is 1. The number of rotatable bonds is 5. The molecule has 0 aliphatic carbocycles. The summed E-state index contributed by atoms with van der Waals surface area (Å²) >= 11 is 0. The minimum absolute atomic E-state index is 0.0164. The summed E-state index contributed by atoms with van der Waals surface area (Å²) in [6.45, 7) is 8.32. The van der Waals surface area contributed by atoms with Crippen LogP contribution in [0, 0.1) is 19.8 Å². The van der Waals surface area contributed by atoms with Gasteiger partial charge in [0.1, 0.15) is 11.6 Å². The lowest BCUT2D eigenvalue weighted by Crippen LogP contribution is -2.33. The van der Waals surface area contributed by atoms with E-state index in [1.807, 2.05) is 44.2 Å². The van der Waals surface area contributed by atoms with Gasteiger partial charge in [-0.2, -0.15) is 0 Å². The Morgan fingerprint density at radius 1 is 1.19 bits per heavy atom. The van der Waals surface area contributed by atoms with Crippen molar-refractivity contribution in [2.45, 2.75) is 33.6 Å². The molecule has 2 aromatic rings. The maximum Gasteiger partial charge on any atom is 0.262 e. The normalized spacial score (nSPS) is 15.0. The molecule has 1 aromatic heterocycles. The SMILES string of the molecule is Cc1cccc(C)c1OCC(=O)Nc1ccc(N2CCC(C)CC2)nc1. The molecule has 1 aliphatic rings. The van der Waals surface area contributed by atoms with Gasteiger partial charge in [0.25, 0.3) is 5.91 Å². The predicted molar refractivity (Wildman–Crippen MR) is 105 cm³/mol. The molecule has 0 spiro atoms. The third kappa shape index (κ3) is 4.54. The molecule has 1 amide bonds. The number of amides is 1. The summed E-state index contributed by atoms with van der Waals surface area (Å²) in [5, 5.41) is 2.84. The zero-order valence-electron chi connectivity index (χ0n) is 15.8. The minimum atomic E-state index is -0.186. The lowest BCUT2D eigenvalue weighted by Gasteiger charge is -2.31. The maximum atomic E-state index is 12.2. The van der Waals surface area contributed by atoms with E-state index in [0.717, 1.165) is 41.7 Å². The van der Waals surface area contributed by atoms with Gasteiger partial charge in [-0.1, -0.05) is 25.1 Å². The first-order valence-electron chi connectivity index (χ1n) is 9.23. The number of hydrogen-bond donors (Lipinski definition) is 1. The van der Waals surface area contributed by atoms with E-state index in [1.54, 1.807) is 6.20 Å². The van der Waals surface area contributed by atoms with Gasteiger partial charge in [-0.3, -0.25) is 4.79 Å². The molecule has 1 aliphatic heterocycles. The largest absolute Gasteiger partial charge is 0.483 e. The average Bonchev–Trinajstić information content (AvgIpc) is 2.63. The van der Waals surface area contributed by atoms with Crippen molar-refractivity contribution in [3.05, 3.63) is 47.7 Å². The van der Waals surface area contributed by atoms with Crippen molar-refractivity contribution in [2.75, 3.05) is 29.9 Å². The smallest absolute Gasteiger partial charge is 0.262 e. The number of hydrogen-bond acceptors (Lipinski definition) is 4. The number of piperidine rings is 1. The first-order valence-corrected chi connectivity index (χ1v) is 9.23. The number of aromatic nitrogens is 1. The van der Waals surface area contributed by atoms with Crippen molar-refractivity contribution in [1.29, 1.82) is 0 Å². The van der Waals surface area contributed by atoms with Crippen LogP contribution in [-0.4, -0.2) is 30.6 Å². The Kier molecular flexibility index (Phi) is 5.76. The quantitative estimate of drug-likeness (QED) is 0.884. The van der Waals surface area contributed by atoms with Crippen molar-refractivity contribution < 1.29 is 9.53 Å². The van der Waals surface area contributed by atoms with Crippen LogP contribution >= 0.6 is 0 Å². The van der Waals surface area contributed by atoms with E-state index in [-0.39, 0.29) is 12.5 Å². The highest BCUT2D eigenvalue weighted by Gasteiger charge is 2.17. The molecule has 0 bridgehead atoms. The molecule has 0 saturated carbocycles. The zero-order valence-corrected chi connectivity index (χ0v) is 15.8. The number of anilines is 2. The Bertz CT molecular complexity index is 730. The van der Waals surface area contributed by atoms with Crippen LogP contribution in [0.5, 0.6) is 5.75 Å². The van der Waals surface area contributed by atoms with Gasteiger partial charge in [0, 0.05) is 13.1 Å². The Balaban J connectivity index is 1.53. The van der Waals surface area contributed by atoms with Crippen LogP contribution in [0.15, 0.2) is 36.5 Å². The van der Waals surface area contributed by atoms with Crippen molar-refractivity contribution in [1.82, 2.24) is 4.98 Å². The molecule has 1 N–H and O–H groups in total. The van der Waals surface area contributed by atoms with E-state index >= 15 is 0 Å². The predicted octanol–water partition coefficient (Wildman–Crippen LogP) is 3.95. The number of pyridine rings is 1. The highest BCUT2D eigenvalue weighted by Crippen LogP contribution is 2.23. The average molecular weight is 353 g/mol. The van der Waals surface area contributed by atoms with E-state index in [2.05, 4.69) is 22.1 Å². The van der Waals surface area contributed by atoms with Gasteiger partial charge in [-0.05, 0) is 55.9 Å². The molecule has 2 heterocycles. The Hall–Kier alpha value is -2.56. The van der Waals surface area contributed by atoms with Gasteiger partial charge in [0.05, 0.1) is 11.9 Å². The molecule has 3 rings (SSSR count). The van der Waals surface area contributed by atoms with Gasteiger partial charge < -0.3 is 15.0 Å². The molecule has 0 radical (unpaired) electrons. The fraction of sp³-hybridized carbons (Fsp3) is 0.429. The lowest BCUT2D eigenvalue weighted by atomic mass is 9.99. The maximum absolute atomic E-state index is 12.2. The molecule has 1 fully saturated rings. The summed E-state index contributed by atoms with van der Waals surface area (Å²) in [6.07, 6.45) is 4.12. The van der Waals surface area contributed by atoms with Gasteiger partial charge >= 0.3 is 0 Å². The van der Waals surface area contributed by atoms with Gasteiger partial charge in [-0.15, -0.1) is 0 Å². The van der Waals surface area contributed by atoms with Crippen molar-refractivity contribution in [3.63, 3.8) is 0 Å². The number of nitrogens with one attached hydrogen (secondary N) is 1. The van der Waals surface area contributed by atoms with Crippen molar-refractivity contribution in [3.8, 4) is 5.75 Å². The second-order valence-corrected chi connectivity index (χ2v) is 7.13. The standard InChI is InChI=1S/C21H27N3O2/c1-15-9-11-24(12-10-15)19-8-7-18(13-22-19)23-20(25)14-26-21-16(2)5-4-6-17(21)3/h4-8,13,15H,9-12,14H2,1-3H3,(H,23,25). The van der Waals surface area contributed by atoms with Gasteiger partial charge in [-0.25, -0.2) is 4.98 Å². The van der Waals surface area contributed by atoms with Crippen molar-refractivity contribution >= 4 is 17.4 Å². The van der Waals surface area contributed by atoms with Crippen LogP contribution in [0.25, 0.3) is 0 Å². The fourth-order valence-electron chi connectivity index (χ4n) is 3.25. The summed E-state index contributed by atoms with van der Waals surface area (Å²) in [5.74, 6) is 2.35. The minimum Gasteiger partial charge on any atom is -0.483 e. The summed E-state index contributed by atoms with van der Waals surface area (Å²) in [4.78, 5) is 19.0. The Labute approximate surface area is 155 Å². The summed E-state index contributed by atoms with van der Waals surface area (Å²) in [5.41, 5.74) is 2.74. The summed E-state index contributed by atoms with van der Waals surface area (Å²) in [6, 6.07) is 9.80. The number of aryl methyl sites for hydroxylation is 2. The first-order chi connectivity index (χ1) is 12.5. The Morgan fingerprint density at radius 2 is 1.88 bits per heavy atom.